The van der Waals surface area contributed by atoms with Crippen molar-refractivity contribution in [1.29, 1.82) is 0 Å². The molecular weight excluding hydrogens is 266 g/mol. The lowest BCUT2D eigenvalue weighted by molar-refractivity contribution is -0.137. The minimum Gasteiger partial charge on any atom is -0.481 e. The van der Waals surface area contributed by atoms with Crippen molar-refractivity contribution in [3.63, 3.8) is 0 Å². The third kappa shape index (κ3) is 5.98. The maximum absolute atomic E-state index is 12.0. The first-order chi connectivity index (χ1) is 10.1. The van der Waals surface area contributed by atoms with Gasteiger partial charge in [0.15, 0.2) is 0 Å². The Bertz CT molecular complexity index is 441. The van der Waals surface area contributed by atoms with Crippen LogP contribution in [0.2, 0.25) is 0 Å². The number of benzene rings is 1. The van der Waals surface area contributed by atoms with Gasteiger partial charge >= 0.3 is 5.97 Å². The van der Waals surface area contributed by atoms with Crippen LogP contribution < -0.4 is 5.32 Å². The molecule has 1 amide bonds. The topological polar surface area (TPSA) is 66.4 Å². The van der Waals surface area contributed by atoms with Gasteiger partial charge in [0.25, 0.3) is 0 Å². The number of amides is 1. The summed E-state index contributed by atoms with van der Waals surface area (Å²) in [6, 6.07) is 9.96. The fourth-order valence-corrected chi connectivity index (χ4v) is 2.54. The summed E-state index contributed by atoms with van der Waals surface area (Å²) in [6.45, 7) is 4.25. The second kappa shape index (κ2) is 9.16. The van der Waals surface area contributed by atoms with Gasteiger partial charge in [-0.2, -0.15) is 0 Å². The van der Waals surface area contributed by atoms with Gasteiger partial charge in [-0.3, -0.25) is 9.59 Å². The van der Waals surface area contributed by atoms with Crippen LogP contribution in [0, 0.1) is 5.92 Å². The Balaban J connectivity index is 2.69. The molecule has 0 saturated carbocycles. The molecule has 0 radical (unpaired) electrons. The summed E-state index contributed by atoms with van der Waals surface area (Å²) in [6.07, 6.45) is 2.66. The first kappa shape index (κ1) is 17.2. The fourth-order valence-electron chi connectivity index (χ4n) is 2.54. The molecule has 1 rings (SSSR count). The van der Waals surface area contributed by atoms with E-state index in [4.69, 9.17) is 5.11 Å². The molecule has 0 saturated heterocycles. The number of nitrogens with one attached hydrogen (secondary N) is 1. The highest BCUT2D eigenvalue weighted by Gasteiger charge is 2.22. The number of aliphatic carboxylic acids is 1. The molecule has 4 nitrogen and oxygen atoms in total. The second-order valence-electron chi connectivity index (χ2n) is 5.28. The summed E-state index contributed by atoms with van der Waals surface area (Å²) < 4.78 is 0. The standard InChI is InChI=1S/C17H25NO3/c1-3-13(4-2)17(14-9-6-5-7-10-14)18-15(19)11-8-12-16(20)21/h5-7,9-10,13,17H,3-4,8,11-12H2,1-2H3,(H,18,19)(H,20,21). The van der Waals surface area contributed by atoms with Crippen LogP contribution in [0.15, 0.2) is 30.3 Å². The van der Waals surface area contributed by atoms with E-state index in [1.807, 2.05) is 30.3 Å². The highest BCUT2D eigenvalue weighted by Crippen LogP contribution is 2.27. The maximum Gasteiger partial charge on any atom is 0.303 e. The summed E-state index contributed by atoms with van der Waals surface area (Å²) in [4.78, 5) is 22.5. The van der Waals surface area contributed by atoms with Crippen molar-refractivity contribution in [1.82, 2.24) is 5.32 Å². The summed E-state index contributed by atoms with van der Waals surface area (Å²) in [5.41, 5.74) is 1.11. The number of carboxylic acid groups (broad SMARTS) is 1. The molecule has 21 heavy (non-hydrogen) atoms. The lowest BCUT2D eigenvalue weighted by Gasteiger charge is -2.27. The van der Waals surface area contributed by atoms with E-state index in [1.54, 1.807) is 0 Å². The average molecular weight is 291 g/mol. The quantitative estimate of drug-likeness (QED) is 0.731. The number of carbonyl (C=O) groups is 2. The molecule has 1 aromatic carbocycles. The van der Waals surface area contributed by atoms with E-state index in [2.05, 4.69) is 19.2 Å². The Morgan fingerprint density at radius 2 is 1.71 bits per heavy atom. The van der Waals surface area contributed by atoms with Crippen molar-refractivity contribution in [2.24, 2.45) is 5.92 Å². The second-order valence-corrected chi connectivity index (χ2v) is 5.28. The molecule has 1 atom stereocenters. The minimum atomic E-state index is -0.859. The molecule has 0 spiro atoms. The number of carboxylic acids is 1. The van der Waals surface area contributed by atoms with Crippen LogP contribution in [0.3, 0.4) is 0 Å². The Morgan fingerprint density at radius 1 is 1.10 bits per heavy atom. The van der Waals surface area contributed by atoms with Crippen molar-refractivity contribution in [3.8, 4) is 0 Å². The Labute approximate surface area is 126 Å². The van der Waals surface area contributed by atoms with Gasteiger partial charge in [-0.05, 0) is 17.9 Å². The fraction of sp³-hybridized carbons (Fsp3) is 0.529. The van der Waals surface area contributed by atoms with Crippen LogP contribution >= 0.6 is 0 Å². The Morgan fingerprint density at radius 3 is 2.24 bits per heavy atom. The average Bonchev–Trinajstić information content (AvgIpc) is 2.48. The van der Waals surface area contributed by atoms with E-state index in [0.29, 0.717) is 12.3 Å². The van der Waals surface area contributed by atoms with Crippen molar-refractivity contribution in [2.45, 2.75) is 52.0 Å². The third-order valence-corrected chi connectivity index (χ3v) is 3.79. The van der Waals surface area contributed by atoms with Gasteiger partial charge in [0, 0.05) is 12.8 Å². The molecule has 116 valence electrons. The summed E-state index contributed by atoms with van der Waals surface area (Å²) in [5, 5.41) is 11.7. The molecule has 0 heterocycles. The van der Waals surface area contributed by atoms with E-state index >= 15 is 0 Å². The first-order valence-corrected chi connectivity index (χ1v) is 7.64. The third-order valence-electron chi connectivity index (χ3n) is 3.79. The molecule has 0 bridgehead atoms. The van der Waals surface area contributed by atoms with Crippen LogP contribution in [0.25, 0.3) is 0 Å². The predicted octanol–water partition coefficient (Wildman–Crippen LogP) is 3.54. The molecule has 2 N–H and O–H groups in total. The SMILES string of the molecule is CCC(CC)C(NC(=O)CCCC(=O)O)c1ccccc1. The normalized spacial score (nSPS) is 12.1. The van der Waals surface area contributed by atoms with Crippen molar-refractivity contribution >= 4 is 11.9 Å². The van der Waals surface area contributed by atoms with E-state index in [9.17, 15) is 9.59 Å². The summed E-state index contributed by atoms with van der Waals surface area (Å²) >= 11 is 0. The largest absolute Gasteiger partial charge is 0.481 e. The van der Waals surface area contributed by atoms with Gasteiger partial charge in [0.1, 0.15) is 0 Å². The van der Waals surface area contributed by atoms with E-state index in [1.165, 1.54) is 0 Å². The van der Waals surface area contributed by atoms with Gasteiger partial charge in [-0.15, -0.1) is 0 Å². The number of hydrogen-bond donors (Lipinski definition) is 2. The smallest absolute Gasteiger partial charge is 0.303 e. The Hall–Kier alpha value is -1.84. The van der Waals surface area contributed by atoms with Gasteiger partial charge in [0.05, 0.1) is 6.04 Å². The van der Waals surface area contributed by atoms with Crippen LogP contribution in [0.4, 0.5) is 0 Å². The molecule has 0 aromatic heterocycles. The summed E-state index contributed by atoms with van der Waals surface area (Å²) in [7, 11) is 0. The number of carbonyl (C=O) groups excluding carboxylic acids is 1. The van der Waals surface area contributed by atoms with E-state index in [0.717, 1.165) is 18.4 Å². The lowest BCUT2D eigenvalue weighted by Crippen LogP contribution is -2.33. The molecule has 1 unspecified atom stereocenters. The van der Waals surface area contributed by atoms with Gasteiger partial charge in [-0.1, -0.05) is 57.0 Å². The zero-order valence-corrected chi connectivity index (χ0v) is 12.8. The highest BCUT2D eigenvalue weighted by molar-refractivity contribution is 5.77. The highest BCUT2D eigenvalue weighted by atomic mass is 16.4. The lowest BCUT2D eigenvalue weighted by atomic mass is 9.88. The van der Waals surface area contributed by atoms with E-state index in [-0.39, 0.29) is 24.8 Å². The monoisotopic (exact) mass is 291 g/mol. The molecule has 0 aliphatic heterocycles. The van der Waals surface area contributed by atoms with Crippen molar-refractivity contribution < 1.29 is 14.7 Å². The van der Waals surface area contributed by atoms with Crippen molar-refractivity contribution in [3.05, 3.63) is 35.9 Å². The molecule has 0 aliphatic carbocycles. The zero-order chi connectivity index (χ0) is 15.7. The van der Waals surface area contributed by atoms with Gasteiger partial charge in [0.2, 0.25) is 5.91 Å². The first-order valence-electron chi connectivity index (χ1n) is 7.64. The molecule has 1 aromatic rings. The Kier molecular flexibility index (Phi) is 7.51. The van der Waals surface area contributed by atoms with Crippen LogP contribution in [0.1, 0.15) is 57.6 Å². The van der Waals surface area contributed by atoms with Crippen LogP contribution in [-0.4, -0.2) is 17.0 Å². The predicted molar refractivity (Wildman–Crippen MR) is 82.9 cm³/mol. The van der Waals surface area contributed by atoms with E-state index < -0.39 is 5.97 Å². The number of hydrogen-bond acceptors (Lipinski definition) is 2. The van der Waals surface area contributed by atoms with Crippen LogP contribution in [0.5, 0.6) is 0 Å². The van der Waals surface area contributed by atoms with Crippen LogP contribution in [-0.2, 0) is 9.59 Å². The molecule has 0 aliphatic rings. The molecular formula is C17H25NO3. The zero-order valence-electron chi connectivity index (χ0n) is 12.8. The van der Waals surface area contributed by atoms with Gasteiger partial charge in [-0.25, -0.2) is 0 Å². The van der Waals surface area contributed by atoms with Crippen molar-refractivity contribution in [2.75, 3.05) is 0 Å². The summed E-state index contributed by atoms with van der Waals surface area (Å²) in [5.74, 6) is -0.546. The molecule has 0 fully saturated rings. The number of rotatable bonds is 9. The maximum atomic E-state index is 12.0. The minimum absolute atomic E-state index is 0.00136. The van der Waals surface area contributed by atoms with Gasteiger partial charge < -0.3 is 10.4 Å². The molecule has 4 heteroatoms.